The van der Waals surface area contributed by atoms with Gasteiger partial charge in [0.05, 0.1) is 19.0 Å². The molecule has 0 saturated carbocycles. The average Bonchev–Trinajstić information content (AvgIpc) is 2.47. The third-order valence-corrected chi connectivity index (χ3v) is 2.68. The van der Waals surface area contributed by atoms with Gasteiger partial charge < -0.3 is 15.4 Å². The summed E-state index contributed by atoms with van der Waals surface area (Å²) >= 11 is 0. The number of hydrogen-bond donors (Lipinski definition) is 2. The van der Waals surface area contributed by atoms with E-state index in [1.165, 1.54) is 0 Å². The van der Waals surface area contributed by atoms with Crippen LogP contribution in [0.25, 0.3) is 0 Å². The molecule has 0 bridgehead atoms. The quantitative estimate of drug-likeness (QED) is 0.891. The smallest absolute Gasteiger partial charge is 0.255 e. The van der Waals surface area contributed by atoms with Crippen LogP contribution in [-0.2, 0) is 0 Å². The van der Waals surface area contributed by atoms with Gasteiger partial charge >= 0.3 is 0 Å². The Morgan fingerprint density at radius 2 is 2.10 bits per heavy atom. The molecule has 0 atom stereocenters. The minimum atomic E-state index is -0.209. The predicted molar refractivity (Wildman–Crippen MR) is 77.3 cm³/mol. The van der Waals surface area contributed by atoms with E-state index in [1.807, 2.05) is 6.92 Å². The largest absolute Gasteiger partial charge is 0.481 e. The van der Waals surface area contributed by atoms with Crippen LogP contribution in [0.5, 0.6) is 5.88 Å². The maximum atomic E-state index is 12.2. The molecule has 0 saturated heterocycles. The van der Waals surface area contributed by atoms with Gasteiger partial charge in [0.2, 0.25) is 5.88 Å². The number of aromatic nitrogens is 2. The third-order valence-electron chi connectivity index (χ3n) is 2.68. The fourth-order valence-electron chi connectivity index (χ4n) is 1.71. The average molecular weight is 272 g/mol. The van der Waals surface area contributed by atoms with Crippen molar-refractivity contribution in [1.82, 2.24) is 9.97 Å². The molecule has 0 unspecified atom stereocenters. The van der Waals surface area contributed by atoms with Crippen LogP contribution in [-0.4, -0.2) is 30.0 Å². The van der Waals surface area contributed by atoms with Gasteiger partial charge in [-0.2, -0.15) is 0 Å². The van der Waals surface area contributed by atoms with E-state index in [-0.39, 0.29) is 5.91 Å². The first kappa shape index (κ1) is 13.8. The second kappa shape index (κ2) is 6.01. The summed E-state index contributed by atoms with van der Waals surface area (Å²) in [4.78, 5) is 20.4. The highest BCUT2D eigenvalue weighted by molar-refractivity contribution is 6.04. The third kappa shape index (κ3) is 3.23. The van der Waals surface area contributed by atoms with Crippen molar-refractivity contribution in [3.63, 3.8) is 0 Å². The van der Waals surface area contributed by atoms with Gasteiger partial charge in [0.1, 0.15) is 5.82 Å². The molecule has 1 amide bonds. The molecule has 6 heteroatoms. The summed E-state index contributed by atoms with van der Waals surface area (Å²) in [5.74, 6) is 0.946. The van der Waals surface area contributed by atoms with E-state index < -0.39 is 0 Å². The number of nitrogens with one attached hydrogen (secondary N) is 2. The highest BCUT2D eigenvalue weighted by atomic mass is 16.5. The highest BCUT2D eigenvalue weighted by Crippen LogP contribution is 2.14. The zero-order valence-corrected chi connectivity index (χ0v) is 11.6. The number of aryl methyl sites for hydroxylation is 1. The monoisotopic (exact) mass is 272 g/mol. The SMILES string of the molecule is CNc1cc(C(=O)Nc2ccc(OC)nc2)cc(C)n1. The van der Waals surface area contributed by atoms with Gasteiger partial charge in [-0.25, -0.2) is 9.97 Å². The topological polar surface area (TPSA) is 76.1 Å². The van der Waals surface area contributed by atoms with Gasteiger partial charge in [0.25, 0.3) is 5.91 Å². The lowest BCUT2D eigenvalue weighted by molar-refractivity contribution is 0.102. The number of methoxy groups -OCH3 is 1. The van der Waals surface area contributed by atoms with Gasteiger partial charge in [-0.05, 0) is 25.1 Å². The molecule has 0 radical (unpaired) electrons. The van der Waals surface area contributed by atoms with Gasteiger partial charge in [-0.3, -0.25) is 4.79 Å². The van der Waals surface area contributed by atoms with Crippen molar-refractivity contribution in [2.75, 3.05) is 24.8 Å². The molecule has 0 fully saturated rings. The molecule has 2 heterocycles. The highest BCUT2D eigenvalue weighted by Gasteiger charge is 2.09. The summed E-state index contributed by atoms with van der Waals surface area (Å²) in [5.41, 5.74) is 1.92. The molecule has 0 aliphatic rings. The maximum absolute atomic E-state index is 12.2. The molecule has 20 heavy (non-hydrogen) atoms. The molecule has 6 nitrogen and oxygen atoms in total. The Morgan fingerprint density at radius 3 is 2.70 bits per heavy atom. The molecule has 0 aromatic carbocycles. The second-order valence-corrected chi connectivity index (χ2v) is 4.18. The molecular formula is C14H16N4O2. The Kier molecular flexibility index (Phi) is 4.14. The summed E-state index contributed by atoms with van der Waals surface area (Å²) in [5, 5.41) is 5.70. The van der Waals surface area contributed by atoms with Crippen LogP contribution >= 0.6 is 0 Å². The molecule has 2 aromatic heterocycles. The minimum absolute atomic E-state index is 0.209. The summed E-state index contributed by atoms with van der Waals surface area (Å²) in [7, 11) is 3.30. The summed E-state index contributed by atoms with van der Waals surface area (Å²) in [6, 6.07) is 6.84. The molecule has 2 rings (SSSR count). The van der Waals surface area contributed by atoms with Crippen molar-refractivity contribution >= 4 is 17.4 Å². The fraction of sp³-hybridized carbons (Fsp3) is 0.214. The number of carbonyl (C=O) groups excluding carboxylic acids is 1. The van der Waals surface area contributed by atoms with Gasteiger partial charge in [0.15, 0.2) is 0 Å². The van der Waals surface area contributed by atoms with Crippen molar-refractivity contribution in [1.29, 1.82) is 0 Å². The van der Waals surface area contributed by atoms with Gasteiger partial charge in [-0.15, -0.1) is 0 Å². The first-order valence-electron chi connectivity index (χ1n) is 6.10. The lowest BCUT2D eigenvalue weighted by atomic mass is 10.2. The zero-order chi connectivity index (χ0) is 14.5. The molecule has 2 N–H and O–H groups in total. The van der Waals surface area contributed by atoms with Crippen LogP contribution in [0.4, 0.5) is 11.5 Å². The Bertz CT molecular complexity index is 611. The maximum Gasteiger partial charge on any atom is 0.255 e. The van der Waals surface area contributed by atoms with Crippen LogP contribution in [0.2, 0.25) is 0 Å². The standard InChI is InChI=1S/C14H16N4O2/c1-9-6-10(7-12(15-2)17-9)14(19)18-11-4-5-13(20-3)16-8-11/h4-8H,1-3H3,(H,15,17)(H,18,19). The van der Waals surface area contributed by atoms with Crippen LogP contribution in [0.1, 0.15) is 16.1 Å². The van der Waals surface area contributed by atoms with Crippen molar-refractivity contribution in [3.05, 3.63) is 41.7 Å². The number of nitrogens with zero attached hydrogens (tertiary/aromatic N) is 2. The fourth-order valence-corrected chi connectivity index (χ4v) is 1.71. The number of ether oxygens (including phenoxy) is 1. The second-order valence-electron chi connectivity index (χ2n) is 4.18. The van der Waals surface area contributed by atoms with Crippen LogP contribution < -0.4 is 15.4 Å². The van der Waals surface area contributed by atoms with Crippen molar-refractivity contribution in [2.24, 2.45) is 0 Å². The molecule has 0 aliphatic heterocycles. The first-order chi connectivity index (χ1) is 9.62. The molecule has 2 aromatic rings. The van der Waals surface area contributed by atoms with E-state index in [4.69, 9.17) is 4.74 Å². The zero-order valence-electron chi connectivity index (χ0n) is 11.6. The van der Waals surface area contributed by atoms with E-state index in [2.05, 4.69) is 20.6 Å². The number of amides is 1. The van der Waals surface area contributed by atoms with Crippen LogP contribution in [0, 0.1) is 6.92 Å². The lowest BCUT2D eigenvalue weighted by Gasteiger charge is -2.08. The Balaban J connectivity index is 2.16. The Morgan fingerprint density at radius 1 is 1.30 bits per heavy atom. The van der Waals surface area contributed by atoms with Crippen molar-refractivity contribution in [2.45, 2.75) is 6.92 Å². The Labute approximate surface area is 117 Å². The number of carbonyl (C=O) groups is 1. The van der Waals surface area contributed by atoms with E-state index in [1.54, 1.807) is 44.6 Å². The number of pyridine rings is 2. The van der Waals surface area contributed by atoms with E-state index in [0.717, 1.165) is 5.69 Å². The number of hydrogen-bond acceptors (Lipinski definition) is 5. The normalized spacial score (nSPS) is 9.95. The van der Waals surface area contributed by atoms with Crippen molar-refractivity contribution < 1.29 is 9.53 Å². The van der Waals surface area contributed by atoms with Crippen LogP contribution in [0.15, 0.2) is 30.5 Å². The molecule has 104 valence electrons. The predicted octanol–water partition coefficient (Wildman–Crippen LogP) is 2.09. The van der Waals surface area contributed by atoms with E-state index in [9.17, 15) is 4.79 Å². The summed E-state index contributed by atoms with van der Waals surface area (Å²) < 4.78 is 4.96. The van der Waals surface area contributed by atoms with Crippen molar-refractivity contribution in [3.8, 4) is 5.88 Å². The van der Waals surface area contributed by atoms with E-state index >= 15 is 0 Å². The molecular weight excluding hydrogens is 256 g/mol. The summed E-state index contributed by atoms with van der Waals surface area (Å²) in [6.45, 7) is 1.84. The Hall–Kier alpha value is -2.63. The minimum Gasteiger partial charge on any atom is -0.481 e. The summed E-state index contributed by atoms with van der Waals surface area (Å²) in [6.07, 6.45) is 1.55. The van der Waals surface area contributed by atoms with E-state index in [0.29, 0.717) is 22.9 Å². The van der Waals surface area contributed by atoms with Crippen LogP contribution in [0.3, 0.4) is 0 Å². The first-order valence-corrected chi connectivity index (χ1v) is 6.10. The number of rotatable bonds is 4. The molecule has 0 aliphatic carbocycles. The lowest BCUT2D eigenvalue weighted by Crippen LogP contribution is -2.13. The molecule has 0 spiro atoms. The number of anilines is 2. The van der Waals surface area contributed by atoms with Gasteiger partial charge in [-0.1, -0.05) is 0 Å². The van der Waals surface area contributed by atoms with Gasteiger partial charge in [0, 0.05) is 24.4 Å².